The smallest absolute Gasteiger partial charge is 0.388 e. The Kier molecular flexibility index (Phi) is 6.22. The number of ether oxygens (including phenoxy) is 1. The van der Waals surface area contributed by atoms with Gasteiger partial charge in [-0.25, -0.2) is 4.98 Å². The SMILES string of the molecule is Cc1ccc(NC(=O)C2(c3ccccc3C(C)C)CN(C(=O)c3nn[nH]n3)C2)c(OC(F)F)n1. The van der Waals surface area contributed by atoms with E-state index in [0.717, 1.165) is 11.1 Å². The summed E-state index contributed by atoms with van der Waals surface area (Å²) in [5, 5.41) is 15.8. The molecule has 0 aliphatic carbocycles. The number of H-pyrrole nitrogens is 1. The zero-order valence-electron chi connectivity index (χ0n) is 18.7. The molecule has 0 unspecified atom stereocenters. The molecule has 2 amide bonds. The topological polar surface area (TPSA) is 126 Å². The Morgan fingerprint density at radius 3 is 2.56 bits per heavy atom. The van der Waals surface area contributed by atoms with Crippen molar-refractivity contribution < 1.29 is 23.1 Å². The first-order valence-electron chi connectivity index (χ1n) is 10.6. The summed E-state index contributed by atoms with van der Waals surface area (Å²) < 4.78 is 30.4. The highest BCUT2D eigenvalue weighted by atomic mass is 19.3. The van der Waals surface area contributed by atoms with Gasteiger partial charge in [0.1, 0.15) is 11.1 Å². The molecule has 1 saturated heterocycles. The van der Waals surface area contributed by atoms with E-state index in [1.807, 2.05) is 38.1 Å². The number of carbonyl (C=O) groups excluding carboxylic acids is 2. The number of nitrogens with one attached hydrogen (secondary N) is 2. The van der Waals surface area contributed by atoms with Crippen molar-refractivity contribution in [2.24, 2.45) is 0 Å². The number of tetrazole rings is 1. The summed E-state index contributed by atoms with van der Waals surface area (Å²) in [6.07, 6.45) is 0. The Balaban J connectivity index is 1.69. The second-order valence-electron chi connectivity index (χ2n) is 8.36. The van der Waals surface area contributed by atoms with E-state index in [-0.39, 0.29) is 36.4 Å². The Morgan fingerprint density at radius 2 is 1.91 bits per heavy atom. The molecule has 3 aromatic rings. The highest BCUT2D eigenvalue weighted by Crippen LogP contribution is 2.41. The standard InChI is InChI=1S/C22H23F2N7O3/c1-12(2)14-6-4-5-7-15(14)22(10-31(11-22)19(32)17-27-29-30-28-17)20(33)26-16-9-8-13(3)25-18(16)34-21(23)24/h4-9,12,21H,10-11H2,1-3H3,(H,26,33)(H,27,28,29,30). The number of aromatic nitrogens is 5. The van der Waals surface area contributed by atoms with Crippen LogP contribution >= 0.6 is 0 Å². The third-order valence-electron chi connectivity index (χ3n) is 5.73. The number of carbonyl (C=O) groups is 2. The number of likely N-dealkylation sites (tertiary alicyclic amines) is 1. The summed E-state index contributed by atoms with van der Waals surface area (Å²) in [6, 6.07) is 10.5. The number of hydrogen-bond donors (Lipinski definition) is 2. The number of nitrogens with zero attached hydrogens (tertiary/aromatic N) is 5. The Morgan fingerprint density at radius 1 is 1.18 bits per heavy atom. The lowest BCUT2D eigenvalue weighted by Gasteiger charge is -2.49. The lowest BCUT2D eigenvalue weighted by atomic mass is 9.69. The maximum absolute atomic E-state index is 13.7. The molecule has 34 heavy (non-hydrogen) atoms. The Hall–Kier alpha value is -3.96. The fourth-order valence-electron chi connectivity index (χ4n) is 4.06. The molecule has 2 N–H and O–H groups in total. The van der Waals surface area contributed by atoms with E-state index in [1.165, 1.54) is 11.0 Å². The highest BCUT2D eigenvalue weighted by molar-refractivity contribution is 6.03. The Bertz CT molecular complexity index is 1190. The number of hydrogen-bond acceptors (Lipinski definition) is 7. The van der Waals surface area contributed by atoms with Crippen LogP contribution in [0, 0.1) is 6.92 Å². The molecule has 2 aromatic heterocycles. The van der Waals surface area contributed by atoms with E-state index in [1.54, 1.807) is 13.0 Å². The minimum atomic E-state index is -3.10. The van der Waals surface area contributed by atoms with Crippen LogP contribution < -0.4 is 10.1 Å². The lowest BCUT2D eigenvalue weighted by molar-refractivity contribution is -0.126. The normalized spacial score (nSPS) is 14.7. The second kappa shape index (κ2) is 9.12. The predicted octanol–water partition coefficient (Wildman–Crippen LogP) is 2.66. The molecule has 1 aromatic carbocycles. The zero-order valence-corrected chi connectivity index (χ0v) is 18.7. The number of pyridine rings is 1. The van der Waals surface area contributed by atoms with Crippen molar-refractivity contribution in [1.29, 1.82) is 0 Å². The summed E-state index contributed by atoms with van der Waals surface area (Å²) in [7, 11) is 0. The van der Waals surface area contributed by atoms with Gasteiger partial charge >= 0.3 is 6.61 Å². The van der Waals surface area contributed by atoms with Gasteiger partial charge in [0.25, 0.3) is 11.7 Å². The molecule has 0 saturated carbocycles. The van der Waals surface area contributed by atoms with E-state index < -0.39 is 23.8 Å². The van der Waals surface area contributed by atoms with Crippen LogP contribution in [0.2, 0.25) is 0 Å². The van der Waals surface area contributed by atoms with E-state index >= 15 is 0 Å². The summed E-state index contributed by atoms with van der Waals surface area (Å²) in [4.78, 5) is 31.8. The maximum Gasteiger partial charge on any atom is 0.388 e. The average molecular weight is 471 g/mol. The molecule has 4 rings (SSSR count). The van der Waals surface area contributed by atoms with Crippen LogP contribution in [0.3, 0.4) is 0 Å². The number of aryl methyl sites for hydroxylation is 1. The number of benzene rings is 1. The van der Waals surface area contributed by atoms with Crippen molar-refractivity contribution in [3.8, 4) is 5.88 Å². The van der Waals surface area contributed by atoms with Gasteiger partial charge in [0.05, 0.1) is 0 Å². The number of anilines is 1. The van der Waals surface area contributed by atoms with Gasteiger partial charge in [0.2, 0.25) is 11.8 Å². The molecule has 0 atom stereocenters. The molecule has 1 fully saturated rings. The van der Waals surface area contributed by atoms with Gasteiger partial charge in [-0.3, -0.25) is 9.59 Å². The number of aromatic amines is 1. The van der Waals surface area contributed by atoms with Crippen LogP contribution in [0.25, 0.3) is 0 Å². The first-order chi connectivity index (χ1) is 16.2. The molecule has 10 nitrogen and oxygen atoms in total. The molecular formula is C22H23F2N7O3. The second-order valence-corrected chi connectivity index (χ2v) is 8.36. The van der Waals surface area contributed by atoms with Gasteiger partial charge in [-0.2, -0.15) is 14.0 Å². The fraction of sp³-hybridized carbons (Fsp3) is 0.364. The summed E-state index contributed by atoms with van der Waals surface area (Å²) >= 11 is 0. The molecule has 3 heterocycles. The number of rotatable bonds is 7. The third kappa shape index (κ3) is 4.30. The molecule has 0 radical (unpaired) electrons. The highest BCUT2D eigenvalue weighted by Gasteiger charge is 2.54. The Labute approximate surface area is 193 Å². The third-order valence-corrected chi connectivity index (χ3v) is 5.73. The molecule has 178 valence electrons. The van der Waals surface area contributed by atoms with Gasteiger partial charge in [0.15, 0.2) is 0 Å². The van der Waals surface area contributed by atoms with E-state index in [0.29, 0.717) is 5.69 Å². The van der Waals surface area contributed by atoms with Crippen LogP contribution in [0.15, 0.2) is 36.4 Å². The summed E-state index contributed by atoms with van der Waals surface area (Å²) in [6.45, 7) is 2.61. The van der Waals surface area contributed by atoms with Gasteiger partial charge in [-0.05, 0) is 41.3 Å². The van der Waals surface area contributed by atoms with E-state index in [4.69, 9.17) is 0 Å². The van der Waals surface area contributed by atoms with Gasteiger partial charge < -0.3 is 15.0 Å². The van der Waals surface area contributed by atoms with Gasteiger partial charge in [-0.15, -0.1) is 10.2 Å². The van der Waals surface area contributed by atoms with Crippen LogP contribution in [-0.4, -0.2) is 62.0 Å². The van der Waals surface area contributed by atoms with Crippen molar-refractivity contribution in [1.82, 2.24) is 30.5 Å². The number of amides is 2. The first kappa shape index (κ1) is 23.2. The largest absolute Gasteiger partial charge is 0.415 e. The minimum Gasteiger partial charge on any atom is -0.415 e. The van der Waals surface area contributed by atoms with Crippen molar-refractivity contribution in [2.75, 3.05) is 18.4 Å². The fourth-order valence-corrected chi connectivity index (χ4v) is 4.06. The monoisotopic (exact) mass is 471 g/mol. The van der Waals surface area contributed by atoms with E-state index in [9.17, 15) is 18.4 Å². The predicted molar refractivity (Wildman–Crippen MR) is 117 cm³/mol. The van der Waals surface area contributed by atoms with Gasteiger partial charge in [-0.1, -0.05) is 38.1 Å². The van der Waals surface area contributed by atoms with E-state index in [2.05, 4.69) is 35.7 Å². The number of alkyl halides is 2. The van der Waals surface area contributed by atoms with Gasteiger partial charge in [0, 0.05) is 18.8 Å². The van der Waals surface area contributed by atoms with Crippen LogP contribution in [0.1, 0.15) is 47.2 Å². The molecule has 0 bridgehead atoms. The van der Waals surface area contributed by atoms with Crippen molar-refractivity contribution >= 4 is 17.5 Å². The number of halogens is 2. The van der Waals surface area contributed by atoms with Crippen LogP contribution in [0.4, 0.5) is 14.5 Å². The average Bonchev–Trinajstić information content (AvgIpc) is 3.29. The molecular weight excluding hydrogens is 448 g/mol. The quantitative estimate of drug-likeness (QED) is 0.543. The summed E-state index contributed by atoms with van der Waals surface area (Å²) in [5.74, 6) is -1.33. The lowest BCUT2D eigenvalue weighted by Crippen LogP contribution is -2.66. The first-order valence-corrected chi connectivity index (χ1v) is 10.6. The minimum absolute atomic E-state index is 0.0141. The molecule has 1 aliphatic heterocycles. The van der Waals surface area contributed by atoms with Crippen molar-refractivity contribution in [3.05, 3.63) is 59.0 Å². The molecule has 1 aliphatic rings. The van der Waals surface area contributed by atoms with Crippen molar-refractivity contribution in [3.63, 3.8) is 0 Å². The molecule has 0 spiro atoms. The van der Waals surface area contributed by atoms with Crippen molar-refractivity contribution in [2.45, 2.75) is 38.7 Å². The molecule has 12 heteroatoms. The van der Waals surface area contributed by atoms with Crippen LogP contribution in [0.5, 0.6) is 5.88 Å². The summed E-state index contributed by atoms with van der Waals surface area (Å²) in [5.41, 5.74) is 1.02. The van der Waals surface area contributed by atoms with Crippen LogP contribution in [-0.2, 0) is 10.2 Å². The maximum atomic E-state index is 13.7. The zero-order chi connectivity index (χ0) is 24.5.